The molecule has 1 aliphatic rings. The van der Waals surface area contributed by atoms with Gasteiger partial charge in [0.1, 0.15) is 11.4 Å². The third kappa shape index (κ3) is 6.90. The maximum atomic E-state index is 12.7. The van der Waals surface area contributed by atoms with Crippen molar-refractivity contribution in [1.82, 2.24) is 9.38 Å². The summed E-state index contributed by atoms with van der Waals surface area (Å²) >= 11 is 0. The highest BCUT2D eigenvalue weighted by Gasteiger charge is 2.38. The van der Waals surface area contributed by atoms with Crippen LogP contribution in [0.3, 0.4) is 0 Å². The fraction of sp³-hybridized carbons (Fsp3) is 0.250. The summed E-state index contributed by atoms with van der Waals surface area (Å²) in [5, 5.41) is 10.1. The number of aliphatic carboxylic acids is 1. The molecule has 4 aromatic rings. The fourth-order valence-electron chi connectivity index (χ4n) is 3.83. The van der Waals surface area contributed by atoms with E-state index in [1.54, 1.807) is 12.1 Å². The number of carboxylic acid groups (broad SMARTS) is 1. The van der Waals surface area contributed by atoms with E-state index in [0.29, 0.717) is 18.1 Å². The number of ether oxygens (including phenoxy) is 1. The number of carbonyl (C=O) groups is 2. The number of aromatic nitrogens is 2. The molecule has 0 unspecified atom stereocenters. The number of nitrogens with zero attached hydrogens (tertiary/aromatic N) is 2. The lowest BCUT2D eigenvalue weighted by Crippen LogP contribution is -2.21. The first-order valence-electron chi connectivity index (χ1n) is 12.0. The van der Waals surface area contributed by atoms with Gasteiger partial charge in [0.25, 0.3) is 5.91 Å². The number of anilines is 1. The number of nitrogens with one attached hydrogen (secondary N) is 1. The van der Waals surface area contributed by atoms with E-state index in [1.807, 2.05) is 48.7 Å². The van der Waals surface area contributed by atoms with Crippen molar-refractivity contribution in [3.05, 3.63) is 95.4 Å². The molecule has 2 N–H and O–H groups in total. The molecule has 7 nitrogen and oxygen atoms in total. The smallest absolute Gasteiger partial charge is 0.490 e. The first-order valence-corrected chi connectivity index (χ1v) is 12.0. The van der Waals surface area contributed by atoms with Crippen LogP contribution in [0.5, 0.6) is 5.75 Å². The minimum atomic E-state index is -5.08. The Morgan fingerprint density at radius 2 is 1.71 bits per heavy atom. The zero-order chi connectivity index (χ0) is 27.3. The number of fused-ring (bicyclic) bond motifs is 1. The number of imidazole rings is 1. The maximum absolute atomic E-state index is 12.7. The summed E-state index contributed by atoms with van der Waals surface area (Å²) in [6, 6.07) is 21.4. The van der Waals surface area contributed by atoms with Gasteiger partial charge in [-0.1, -0.05) is 30.3 Å². The molecule has 0 atom stereocenters. The van der Waals surface area contributed by atoms with Gasteiger partial charge in [0.15, 0.2) is 0 Å². The maximum Gasteiger partial charge on any atom is 0.490 e. The summed E-state index contributed by atoms with van der Waals surface area (Å²) in [5.74, 6) is -1.54. The molecule has 0 bridgehead atoms. The zero-order valence-electron chi connectivity index (χ0n) is 20.5. The molecule has 1 saturated carbocycles. The second kappa shape index (κ2) is 11.4. The fourth-order valence-corrected chi connectivity index (χ4v) is 3.83. The topological polar surface area (TPSA) is 92.9 Å². The molecule has 1 fully saturated rings. The van der Waals surface area contributed by atoms with E-state index in [-0.39, 0.29) is 5.91 Å². The minimum Gasteiger partial charge on any atom is -0.493 e. The molecular formula is C28H26F3N3O4. The van der Waals surface area contributed by atoms with Gasteiger partial charge in [0.05, 0.1) is 18.0 Å². The Morgan fingerprint density at radius 3 is 2.32 bits per heavy atom. The summed E-state index contributed by atoms with van der Waals surface area (Å²) in [5.41, 5.74) is 5.86. The van der Waals surface area contributed by atoms with Gasteiger partial charge in [-0.25, -0.2) is 9.78 Å². The quantitative estimate of drug-likeness (QED) is 0.308. The van der Waals surface area contributed by atoms with Gasteiger partial charge in [-0.15, -0.1) is 0 Å². The zero-order valence-corrected chi connectivity index (χ0v) is 20.5. The van der Waals surface area contributed by atoms with Crippen LogP contribution in [-0.4, -0.2) is 39.2 Å². The molecule has 1 aliphatic carbocycles. The summed E-state index contributed by atoms with van der Waals surface area (Å²) < 4.78 is 39.6. The number of carbonyl (C=O) groups excluding carboxylic acids is 1. The van der Waals surface area contributed by atoms with E-state index in [1.165, 1.54) is 24.1 Å². The van der Waals surface area contributed by atoms with E-state index < -0.39 is 12.1 Å². The highest BCUT2D eigenvalue weighted by Crippen LogP contribution is 2.41. The van der Waals surface area contributed by atoms with E-state index in [4.69, 9.17) is 19.6 Å². The first-order chi connectivity index (χ1) is 18.1. The second-order valence-electron chi connectivity index (χ2n) is 8.87. The highest BCUT2D eigenvalue weighted by atomic mass is 19.4. The van der Waals surface area contributed by atoms with Crippen LogP contribution in [-0.2, 0) is 11.2 Å². The summed E-state index contributed by atoms with van der Waals surface area (Å²) in [4.78, 5) is 26.3. The Kier molecular flexibility index (Phi) is 7.99. The summed E-state index contributed by atoms with van der Waals surface area (Å²) in [7, 11) is 0. The number of carboxylic acids is 1. The Balaban J connectivity index is 0.000000426. The van der Waals surface area contributed by atoms with Crippen LogP contribution in [0.2, 0.25) is 0 Å². The van der Waals surface area contributed by atoms with Crippen molar-refractivity contribution in [3.63, 3.8) is 0 Å². The van der Waals surface area contributed by atoms with Gasteiger partial charge in [0, 0.05) is 29.8 Å². The molecule has 10 heteroatoms. The van der Waals surface area contributed by atoms with Crippen molar-refractivity contribution in [2.24, 2.45) is 0 Å². The molecule has 0 radical (unpaired) electrons. The van der Waals surface area contributed by atoms with E-state index in [0.717, 1.165) is 29.2 Å². The van der Waals surface area contributed by atoms with Crippen molar-refractivity contribution in [3.8, 4) is 5.75 Å². The lowest BCUT2D eigenvalue weighted by Gasteiger charge is -2.09. The van der Waals surface area contributed by atoms with Gasteiger partial charge < -0.3 is 19.6 Å². The van der Waals surface area contributed by atoms with Gasteiger partial charge >= 0.3 is 12.1 Å². The number of hydrogen-bond acceptors (Lipinski definition) is 4. The molecule has 198 valence electrons. The van der Waals surface area contributed by atoms with Crippen molar-refractivity contribution < 1.29 is 32.6 Å². The third-order valence-electron chi connectivity index (χ3n) is 5.98. The Bertz CT molecular complexity index is 1410. The monoisotopic (exact) mass is 525 g/mol. The number of benzene rings is 2. The van der Waals surface area contributed by atoms with Crippen molar-refractivity contribution >= 4 is 23.2 Å². The molecule has 5 rings (SSSR count). The standard InChI is InChI=1S/C26H25N3O2.C2HF3O2/c1-18-25(20-7-8-20)28-24-14-11-22(17-29(18)24)27-26(30)21-9-12-23(13-10-21)31-16-15-19-5-3-2-4-6-19;3-2(4,5)1(6)7/h2-6,9-14,17,20H,7-8,15-16H2,1H3,(H,27,30);(H,6,7). The Morgan fingerprint density at radius 1 is 1.05 bits per heavy atom. The number of halogens is 3. The molecule has 1 amide bonds. The van der Waals surface area contributed by atoms with Crippen molar-refractivity contribution in [2.45, 2.75) is 38.3 Å². The SMILES string of the molecule is Cc1c(C2CC2)nc2ccc(NC(=O)c3ccc(OCCc4ccccc4)cc3)cn12.O=C(O)C(F)(F)F. The van der Waals surface area contributed by atoms with Crippen LogP contribution in [0.1, 0.15) is 46.1 Å². The van der Waals surface area contributed by atoms with Gasteiger partial charge in [0.2, 0.25) is 0 Å². The second-order valence-corrected chi connectivity index (χ2v) is 8.87. The number of alkyl halides is 3. The molecule has 0 spiro atoms. The molecule has 0 saturated heterocycles. The van der Waals surface area contributed by atoms with Crippen molar-refractivity contribution in [1.29, 1.82) is 0 Å². The predicted molar refractivity (Wildman–Crippen MR) is 136 cm³/mol. The third-order valence-corrected chi connectivity index (χ3v) is 5.98. The lowest BCUT2D eigenvalue weighted by atomic mass is 10.2. The van der Waals surface area contributed by atoms with Gasteiger partial charge in [-0.05, 0) is 61.7 Å². The van der Waals surface area contributed by atoms with Crippen LogP contribution in [0.4, 0.5) is 18.9 Å². The average Bonchev–Trinajstić information content (AvgIpc) is 3.69. The van der Waals surface area contributed by atoms with Crippen LogP contribution >= 0.6 is 0 Å². The molecule has 38 heavy (non-hydrogen) atoms. The first kappa shape index (κ1) is 26.7. The largest absolute Gasteiger partial charge is 0.493 e. The highest BCUT2D eigenvalue weighted by molar-refractivity contribution is 6.04. The number of amides is 1. The molecule has 2 heterocycles. The predicted octanol–water partition coefficient (Wildman–Crippen LogP) is 6.03. The van der Waals surface area contributed by atoms with Crippen LogP contribution in [0.15, 0.2) is 72.9 Å². The van der Waals surface area contributed by atoms with Gasteiger partial charge in [-0.2, -0.15) is 13.2 Å². The summed E-state index contributed by atoms with van der Waals surface area (Å²) in [6.07, 6.45) is 0.157. The molecule has 0 aliphatic heterocycles. The number of hydrogen-bond donors (Lipinski definition) is 2. The van der Waals surface area contributed by atoms with E-state index in [9.17, 15) is 18.0 Å². The number of aryl methyl sites for hydroxylation is 1. The Labute approximate surface area is 216 Å². The number of rotatable bonds is 7. The molecule has 2 aromatic heterocycles. The number of pyridine rings is 1. The van der Waals surface area contributed by atoms with E-state index in [2.05, 4.69) is 28.8 Å². The average molecular weight is 526 g/mol. The molecule has 2 aromatic carbocycles. The Hall–Kier alpha value is -4.34. The van der Waals surface area contributed by atoms with Crippen LogP contribution in [0, 0.1) is 6.92 Å². The van der Waals surface area contributed by atoms with Crippen LogP contribution < -0.4 is 10.1 Å². The van der Waals surface area contributed by atoms with Crippen molar-refractivity contribution in [2.75, 3.05) is 11.9 Å². The van der Waals surface area contributed by atoms with Gasteiger partial charge in [-0.3, -0.25) is 4.79 Å². The lowest BCUT2D eigenvalue weighted by molar-refractivity contribution is -0.192. The normalized spacial score (nSPS) is 12.9. The summed E-state index contributed by atoms with van der Waals surface area (Å²) in [6.45, 7) is 2.69. The minimum absolute atomic E-state index is 0.143. The van der Waals surface area contributed by atoms with E-state index >= 15 is 0 Å². The molecular weight excluding hydrogens is 499 g/mol. The van der Waals surface area contributed by atoms with Crippen LogP contribution in [0.25, 0.3) is 5.65 Å².